The molecule has 4 rings (SSSR count). The average Bonchev–Trinajstić information content (AvgIpc) is 3.11. The molecule has 2 N–H and O–H groups in total. The second kappa shape index (κ2) is 11.4. The second-order valence-electron chi connectivity index (χ2n) is 8.25. The summed E-state index contributed by atoms with van der Waals surface area (Å²) in [7, 11) is -4.33. The first-order valence-corrected chi connectivity index (χ1v) is 12.9. The molecule has 0 saturated heterocycles. The molecule has 0 fully saturated rings. The van der Waals surface area contributed by atoms with Crippen molar-refractivity contribution in [3.05, 3.63) is 89.7 Å². The van der Waals surface area contributed by atoms with Crippen LogP contribution in [-0.4, -0.2) is 48.9 Å². The molecule has 1 aliphatic heterocycles. The van der Waals surface area contributed by atoms with E-state index < -0.39 is 40.2 Å². The monoisotopic (exact) mass is 537 g/mol. The fourth-order valence-corrected chi connectivity index (χ4v) is 5.65. The van der Waals surface area contributed by atoms with Gasteiger partial charge in [0.15, 0.2) is 0 Å². The van der Waals surface area contributed by atoms with Crippen molar-refractivity contribution in [2.45, 2.75) is 24.4 Å². The summed E-state index contributed by atoms with van der Waals surface area (Å²) in [5.41, 5.74) is 1.98. The minimum absolute atomic E-state index is 0.131. The van der Waals surface area contributed by atoms with Gasteiger partial charge in [-0.25, -0.2) is 18.3 Å². The van der Waals surface area contributed by atoms with Crippen LogP contribution in [-0.2, 0) is 21.4 Å². The largest absolute Gasteiger partial charge is 0.481 e. The van der Waals surface area contributed by atoms with Crippen molar-refractivity contribution in [2.24, 2.45) is 0 Å². The van der Waals surface area contributed by atoms with E-state index in [9.17, 15) is 27.6 Å². The number of hydrogen-bond donors (Lipinski definition) is 2. The van der Waals surface area contributed by atoms with E-state index in [0.717, 1.165) is 15.3 Å². The maximum absolute atomic E-state index is 14.5. The molecule has 0 radical (unpaired) electrons. The Labute approximate surface area is 219 Å². The van der Waals surface area contributed by atoms with Crippen LogP contribution in [0.15, 0.2) is 77.7 Å². The van der Waals surface area contributed by atoms with Gasteiger partial charge in [0.05, 0.1) is 17.0 Å². The van der Waals surface area contributed by atoms with E-state index in [1.807, 2.05) is 0 Å². The molecule has 3 aromatic carbocycles. The fraction of sp³-hybridized carbons (Fsp3) is 0.185. The van der Waals surface area contributed by atoms with E-state index in [1.165, 1.54) is 47.9 Å². The smallest absolute Gasteiger partial charge is 0.263 e. The molecule has 0 spiro atoms. The van der Waals surface area contributed by atoms with Crippen LogP contribution in [0.25, 0.3) is 0 Å². The summed E-state index contributed by atoms with van der Waals surface area (Å²) in [6.07, 6.45) is 0. The van der Waals surface area contributed by atoms with Gasteiger partial charge in [0.25, 0.3) is 11.8 Å². The van der Waals surface area contributed by atoms with E-state index >= 15 is 0 Å². The molecule has 0 aliphatic carbocycles. The highest BCUT2D eigenvalue weighted by atomic mass is 32.2. The normalized spacial score (nSPS) is 15.4. The first-order valence-electron chi connectivity index (χ1n) is 11.5. The van der Waals surface area contributed by atoms with Crippen LogP contribution >= 0.6 is 0 Å². The number of sulfonamides is 1. The molecule has 0 saturated carbocycles. The van der Waals surface area contributed by atoms with Gasteiger partial charge in [0, 0.05) is 12.2 Å². The van der Waals surface area contributed by atoms with Gasteiger partial charge in [-0.05, 0) is 55.0 Å². The summed E-state index contributed by atoms with van der Waals surface area (Å²) >= 11 is 0. The number of ether oxygens (including phenoxy) is 1. The second-order valence-corrected chi connectivity index (χ2v) is 10.1. The van der Waals surface area contributed by atoms with Crippen LogP contribution < -0.4 is 15.1 Å². The van der Waals surface area contributed by atoms with Gasteiger partial charge in [-0.1, -0.05) is 36.3 Å². The van der Waals surface area contributed by atoms with Gasteiger partial charge in [0.1, 0.15) is 24.2 Å². The average molecular weight is 538 g/mol. The Bertz CT molecular complexity index is 1520. The van der Waals surface area contributed by atoms with Crippen molar-refractivity contribution >= 4 is 27.5 Å². The molecular weight excluding hydrogens is 513 g/mol. The maximum Gasteiger partial charge on any atom is 0.263 e. The number of benzene rings is 3. The zero-order valence-electron chi connectivity index (χ0n) is 20.3. The van der Waals surface area contributed by atoms with Crippen molar-refractivity contribution in [3.8, 4) is 17.6 Å². The third kappa shape index (κ3) is 5.38. The van der Waals surface area contributed by atoms with Gasteiger partial charge in [-0.2, -0.15) is 4.31 Å². The van der Waals surface area contributed by atoms with Gasteiger partial charge < -0.3 is 9.64 Å². The summed E-state index contributed by atoms with van der Waals surface area (Å²) in [6, 6.07) is 15.9. The predicted molar refractivity (Wildman–Crippen MR) is 136 cm³/mol. The summed E-state index contributed by atoms with van der Waals surface area (Å²) in [6.45, 7) is 1.03. The van der Waals surface area contributed by atoms with Crippen LogP contribution in [0, 0.1) is 17.7 Å². The molecule has 9 nitrogen and oxygen atoms in total. The highest BCUT2D eigenvalue weighted by molar-refractivity contribution is 7.89. The zero-order valence-corrected chi connectivity index (χ0v) is 21.1. The maximum atomic E-state index is 14.5. The molecule has 0 aromatic heterocycles. The highest BCUT2D eigenvalue weighted by Gasteiger charge is 2.42. The van der Waals surface area contributed by atoms with Gasteiger partial charge in [-0.3, -0.25) is 14.8 Å². The van der Waals surface area contributed by atoms with E-state index in [4.69, 9.17) is 4.74 Å². The Morgan fingerprint density at radius 1 is 1.08 bits per heavy atom. The van der Waals surface area contributed by atoms with Crippen molar-refractivity contribution in [2.75, 3.05) is 18.1 Å². The molecule has 11 heteroatoms. The number of hydroxylamine groups is 1. The number of hydrogen-bond acceptors (Lipinski definition) is 6. The predicted octanol–water partition coefficient (Wildman–Crippen LogP) is 2.95. The van der Waals surface area contributed by atoms with Crippen LogP contribution in [0.2, 0.25) is 0 Å². The van der Waals surface area contributed by atoms with Crippen molar-refractivity contribution < 1.29 is 32.3 Å². The van der Waals surface area contributed by atoms with Gasteiger partial charge in [0.2, 0.25) is 10.0 Å². The number of para-hydroxylation sites is 1. The van der Waals surface area contributed by atoms with Crippen LogP contribution in [0.4, 0.5) is 10.1 Å². The van der Waals surface area contributed by atoms with Crippen molar-refractivity contribution in [3.63, 3.8) is 0 Å². The lowest BCUT2D eigenvalue weighted by atomic mass is 10.1. The number of anilines is 1. The molecule has 2 amide bonds. The minimum atomic E-state index is -4.33. The summed E-state index contributed by atoms with van der Waals surface area (Å²) in [5, 5.41) is 9.46. The van der Waals surface area contributed by atoms with Crippen LogP contribution in [0.5, 0.6) is 5.75 Å². The molecular formula is C27H24FN3O6S. The third-order valence-electron chi connectivity index (χ3n) is 5.99. The molecule has 0 bridgehead atoms. The van der Waals surface area contributed by atoms with Crippen LogP contribution in [0.1, 0.15) is 22.8 Å². The van der Waals surface area contributed by atoms with E-state index in [2.05, 4.69) is 11.8 Å². The molecule has 38 heavy (non-hydrogen) atoms. The summed E-state index contributed by atoms with van der Waals surface area (Å²) < 4.78 is 48.5. The molecule has 1 unspecified atom stereocenters. The number of halogens is 1. The number of carbonyl (C=O) groups is 2. The number of nitrogens with one attached hydrogen (secondary N) is 1. The van der Waals surface area contributed by atoms with Crippen LogP contribution in [0.3, 0.4) is 0 Å². The van der Waals surface area contributed by atoms with E-state index in [0.29, 0.717) is 17.0 Å². The van der Waals surface area contributed by atoms with E-state index in [1.54, 1.807) is 31.2 Å². The number of fused-ring (bicyclic) bond motifs is 1. The Hall–Kier alpha value is -4.24. The Morgan fingerprint density at radius 2 is 1.76 bits per heavy atom. The fourth-order valence-electron chi connectivity index (χ4n) is 4.10. The topological polar surface area (TPSA) is 116 Å². The molecule has 1 heterocycles. The Kier molecular flexibility index (Phi) is 8.07. The molecule has 3 aromatic rings. The number of rotatable bonds is 6. The van der Waals surface area contributed by atoms with E-state index in [-0.39, 0.29) is 23.6 Å². The highest BCUT2D eigenvalue weighted by Crippen LogP contribution is 2.33. The zero-order chi connectivity index (χ0) is 27.3. The summed E-state index contributed by atoms with van der Waals surface area (Å²) in [4.78, 5) is 27.3. The third-order valence-corrected chi connectivity index (χ3v) is 7.86. The quantitative estimate of drug-likeness (QED) is 0.284. The minimum Gasteiger partial charge on any atom is -0.481 e. The lowest BCUT2D eigenvalue weighted by Gasteiger charge is -2.29. The lowest BCUT2D eigenvalue weighted by Crippen LogP contribution is -2.53. The molecule has 1 atom stereocenters. The van der Waals surface area contributed by atoms with Gasteiger partial charge >= 0.3 is 0 Å². The Morgan fingerprint density at radius 3 is 2.45 bits per heavy atom. The van der Waals surface area contributed by atoms with Crippen molar-refractivity contribution in [1.82, 2.24) is 9.79 Å². The number of nitrogens with zero attached hydrogens (tertiary/aromatic N) is 2. The Balaban J connectivity index is 1.76. The summed E-state index contributed by atoms with van der Waals surface area (Å²) in [5.74, 6) is 3.26. The molecule has 196 valence electrons. The first kappa shape index (κ1) is 26.8. The van der Waals surface area contributed by atoms with Gasteiger partial charge in [-0.15, -0.1) is 5.92 Å². The SMILES string of the molecule is CC#CCOc1ccc(S(=O)(=O)N2Cc3ccccc3N(C(=O)c3ccccc3F)CC2C(=O)NO)cc1. The van der Waals surface area contributed by atoms with Crippen molar-refractivity contribution in [1.29, 1.82) is 0 Å². The first-order chi connectivity index (χ1) is 18.3. The standard InChI is InChI=1S/C27H24FN3O6S/c1-2-3-16-37-20-12-14-21(15-13-20)38(35,36)31-17-19-8-4-7-11-24(19)30(18-25(31)26(32)29-34)27(33)22-9-5-6-10-23(22)28/h4-15,25,34H,16-18H2,1H3,(H,29,32). The number of carbonyl (C=O) groups excluding carboxylic acids is 2. The lowest BCUT2D eigenvalue weighted by molar-refractivity contribution is -0.133. The molecule has 1 aliphatic rings. The number of amides is 2.